The van der Waals surface area contributed by atoms with E-state index in [9.17, 15) is 4.79 Å². The van der Waals surface area contributed by atoms with Gasteiger partial charge in [-0.1, -0.05) is 6.92 Å². The molecule has 0 radical (unpaired) electrons. The zero-order chi connectivity index (χ0) is 11.7. The van der Waals surface area contributed by atoms with Crippen LogP contribution in [0.25, 0.3) is 0 Å². The van der Waals surface area contributed by atoms with E-state index in [1.165, 1.54) is 7.11 Å². The molecule has 1 aliphatic heterocycles. The van der Waals surface area contributed by atoms with Crippen LogP contribution < -0.4 is 10.5 Å². The summed E-state index contributed by atoms with van der Waals surface area (Å²) in [5, 5.41) is 0. The Balaban J connectivity index is 2.45. The SMILES string of the molecule is CCC1Cc2c(N)ccc(C(=O)OC)c2O1. The van der Waals surface area contributed by atoms with E-state index >= 15 is 0 Å². The van der Waals surface area contributed by atoms with E-state index in [1.54, 1.807) is 12.1 Å². The first-order chi connectivity index (χ1) is 7.67. The van der Waals surface area contributed by atoms with Gasteiger partial charge in [-0.25, -0.2) is 4.79 Å². The van der Waals surface area contributed by atoms with Crippen molar-refractivity contribution in [2.75, 3.05) is 12.8 Å². The molecular weight excluding hydrogens is 206 g/mol. The van der Waals surface area contributed by atoms with Gasteiger partial charge in [-0.3, -0.25) is 0 Å². The van der Waals surface area contributed by atoms with Gasteiger partial charge < -0.3 is 15.2 Å². The monoisotopic (exact) mass is 221 g/mol. The molecule has 2 N–H and O–H groups in total. The van der Waals surface area contributed by atoms with Crippen molar-refractivity contribution in [3.8, 4) is 5.75 Å². The Hall–Kier alpha value is -1.71. The average molecular weight is 221 g/mol. The van der Waals surface area contributed by atoms with E-state index in [4.69, 9.17) is 15.2 Å². The number of esters is 1. The molecule has 16 heavy (non-hydrogen) atoms. The molecule has 0 amide bonds. The molecule has 1 unspecified atom stereocenters. The van der Waals surface area contributed by atoms with Crippen LogP contribution in [-0.2, 0) is 11.2 Å². The van der Waals surface area contributed by atoms with Crippen LogP contribution in [-0.4, -0.2) is 19.2 Å². The number of fused-ring (bicyclic) bond motifs is 1. The first kappa shape index (κ1) is 10.8. The molecule has 1 aliphatic rings. The number of anilines is 1. The van der Waals surface area contributed by atoms with Crippen LogP contribution in [0, 0.1) is 0 Å². The van der Waals surface area contributed by atoms with Gasteiger partial charge in [-0.05, 0) is 18.6 Å². The Morgan fingerprint density at radius 2 is 2.38 bits per heavy atom. The summed E-state index contributed by atoms with van der Waals surface area (Å²) in [6, 6.07) is 3.38. The number of benzene rings is 1. The van der Waals surface area contributed by atoms with Gasteiger partial charge in [0.05, 0.1) is 7.11 Å². The molecule has 0 spiro atoms. The third-order valence-electron chi connectivity index (χ3n) is 2.87. The topological polar surface area (TPSA) is 61.6 Å². The molecule has 4 heteroatoms. The minimum absolute atomic E-state index is 0.114. The highest BCUT2D eigenvalue weighted by Gasteiger charge is 2.28. The van der Waals surface area contributed by atoms with Crippen LogP contribution in [0.2, 0.25) is 0 Å². The second-order valence-electron chi connectivity index (χ2n) is 3.85. The summed E-state index contributed by atoms with van der Waals surface area (Å²) < 4.78 is 10.4. The van der Waals surface area contributed by atoms with Crippen LogP contribution in [0.4, 0.5) is 5.69 Å². The predicted molar refractivity (Wildman–Crippen MR) is 60.6 cm³/mol. The van der Waals surface area contributed by atoms with Crippen molar-refractivity contribution in [3.05, 3.63) is 23.3 Å². The van der Waals surface area contributed by atoms with E-state index in [-0.39, 0.29) is 12.1 Å². The highest BCUT2D eigenvalue weighted by molar-refractivity contribution is 5.94. The summed E-state index contributed by atoms with van der Waals surface area (Å²) >= 11 is 0. The van der Waals surface area contributed by atoms with Crippen LogP contribution in [0.15, 0.2) is 12.1 Å². The van der Waals surface area contributed by atoms with Crippen molar-refractivity contribution >= 4 is 11.7 Å². The highest BCUT2D eigenvalue weighted by atomic mass is 16.5. The number of nitrogens with two attached hydrogens (primary N) is 1. The van der Waals surface area contributed by atoms with Gasteiger partial charge >= 0.3 is 5.97 Å². The van der Waals surface area contributed by atoms with Gasteiger partial charge in [-0.15, -0.1) is 0 Å². The van der Waals surface area contributed by atoms with Crippen molar-refractivity contribution in [2.24, 2.45) is 0 Å². The van der Waals surface area contributed by atoms with Crippen LogP contribution >= 0.6 is 0 Å². The van der Waals surface area contributed by atoms with Gasteiger partial charge in [0, 0.05) is 17.7 Å². The number of ether oxygens (including phenoxy) is 2. The fraction of sp³-hybridized carbons (Fsp3) is 0.417. The zero-order valence-electron chi connectivity index (χ0n) is 9.45. The number of methoxy groups -OCH3 is 1. The second kappa shape index (κ2) is 4.04. The summed E-state index contributed by atoms with van der Waals surface area (Å²) in [7, 11) is 1.36. The lowest BCUT2D eigenvalue weighted by Gasteiger charge is -2.09. The number of nitrogen functional groups attached to an aromatic ring is 1. The van der Waals surface area contributed by atoms with Crippen LogP contribution in [0.1, 0.15) is 29.3 Å². The lowest BCUT2D eigenvalue weighted by Crippen LogP contribution is -2.11. The van der Waals surface area contributed by atoms with Gasteiger partial charge in [0.25, 0.3) is 0 Å². The van der Waals surface area contributed by atoms with E-state index in [2.05, 4.69) is 0 Å². The van der Waals surface area contributed by atoms with Crippen molar-refractivity contribution in [2.45, 2.75) is 25.9 Å². The van der Waals surface area contributed by atoms with Crippen LogP contribution in [0.5, 0.6) is 5.75 Å². The zero-order valence-corrected chi connectivity index (χ0v) is 9.45. The molecule has 1 atom stereocenters. The molecule has 0 saturated heterocycles. The third-order valence-corrected chi connectivity index (χ3v) is 2.87. The summed E-state index contributed by atoms with van der Waals surface area (Å²) in [6.45, 7) is 2.05. The first-order valence-electron chi connectivity index (χ1n) is 5.33. The quantitative estimate of drug-likeness (QED) is 0.610. The Morgan fingerprint density at radius 1 is 1.62 bits per heavy atom. The maximum Gasteiger partial charge on any atom is 0.341 e. The number of carbonyl (C=O) groups is 1. The standard InChI is InChI=1S/C12H15NO3/c1-3-7-6-9-10(13)5-4-8(11(9)16-7)12(14)15-2/h4-5,7H,3,6,13H2,1-2H3. The smallest absolute Gasteiger partial charge is 0.341 e. The minimum atomic E-state index is -0.381. The summed E-state index contributed by atoms with van der Waals surface area (Å²) in [5.74, 6) is 0.215. The number of hydrogen-bond donors (Lipinski definition) is 1. The number of hydrogen-bond acceptors (Lipinski definition) is 4. The van der Waals surface area contributed by atoms with Crippen molar-refractivity contribution in [1.29, 1.82) is 0 Å². The Bertz CT molecular complexity index is 429. The molecule has 4 nitrogen and oxygen atoms in total. The molecule has 1 heterocycles. The summed E-state index contributed by atoms with van der Waals surface area (Å²) in [6.07, 6.45) is 1.78. The van der Waals surface area contributed by atoms with Crippen molar-refractivity contribution in [1.82, 2.24) is 0 Å². The van der Waals surface area contributed by atoms with Gasteiger partial charge in [0.15, 0.2) is 0 Å². The maximum atomic E-state index is 11.5. The fourth-order valence-electron chi connectivity index (χ4n) is 1.92. The van der Waals surface area contributed by atoms with E-state index in [0.29, 0.717) is 17.0 Å². The number of rotatable bonds is 2. The van der Waals surface area contributed by atoms with E-state index in [0.717, 1.165) is 18.4 Å². The van der Waals surface area contributed by atoms with E-state index < -0.39 is 0 Å². The fourth-order valence-corrected chi connectivity index (χ4v) is 1.92. The van der Waals surface area contributed by atoms with E-state index in [1.807, 2.05) is 6.92 Å². The third kappa shape index (κ3) is 1.60. The Labute approximate surface area is 94.3 Å². The van der Waals surface area contributed by atoms with Crippen molar-refractivity contribution < 1.29 is 14.3 Å². The van der Waals surface area contributed by atoms with Gasteiger partial charge in [-0.2, -0.15) is 0 Å². The Kier molecular flexibility index (Phi) is 2.73. The predicted octanol–water partition coefficient (Wildman–Crippen LogP) is 1.77. The van der Waals surface area contributed by atoms with Gasteiger partial charge in [0.2, 0.25) is 0 Å². The van der Waals surface area contributed by atoms with Crippen LogP contribution in [0.3, 0.4) is 0 Å². The lowest BCUT2D eigenvalue weighted by molar-refractivity contribution is 0.0595. The molecule has 0 aromatic heterocycles. The molecule has 0 saturated carbocycles. The molecule has 0 bridgehead atoms. The molecule has 1 aromatic carbocycles. The number of carbonyl (C=O) groups excluding carboxylic acids is 1. The van der Waals surface area contributed by atoms with Crippen molar-refractivity contribution in [3.63, 3.8) is 0 Å². The normalized spacial score (nSPS) is 17.8. The molecule has 0 aliphatic carbocycles. The molecule has 86 valence electrons. The maximum absolute atomic E-state index is 11.5. The lowest BCUT2D eigenvalue weighted by atomic mass is 10.0. The second-order valence-corrected chi connectivity index (χ2v) is 3.85. The van der Waals surface area contributed by atoms with Gasteiger partial charge in [0.1, 0.15) is 17.4 Å². The highest BCUT2D eigenvalue weighted by Crippen LogP contribution is 2.37. The molecule has 1 aromatic rings. The average Bonchev–Trinajstić information content (AvgIpc) is 2.73. The first-order valence-corrected chi connectivity index (χ1v) is 5.33. The molecule has 2 rings (SSSR count). The summed E-state index contributed by atoms with van der Waals surface area (Å²) in [4.78, 5) is 11.5. The Morgan fingerprint density at radius 3 is 3.00 bits per heavy atom. The minimum Gasteiger partial charge on any atom is -0.489 e. The summed E-state index contributed by atoms with van der Waals surface area (Å²) in [5.41, 5.74) is 7.93. The molecule has 0 fully saturated rings. The largest absolute Gasteiger partial charge is 0.489 e. The molecular formula is C12H15NO3.